The van der Waals surface area contributed by atoms with Crippen molar-refractivity contribution in [2.45, 2.75) is 43.0 Å². The van der Waals surface area contributed by atoms with Crippen molar-refractivity contribution in [1.29, 1.82) is 0 Å². The highest BCUT2D eigenvalue weighted by atomic mass is 32.2. The molecule has 3 rings (SSSR count). The zero-order valence-corrected chi connectivity index (χ0v) is 19.5. The summed E-state index contributed by atoms with van der Waals surface area (Å²) in [6.45, 7) is 2.15. The normalized spacial score (nSPS) is 24.2. The number of hydrogen-bond donors (Lipinski definition) is 5. The van der Waals surface area contributed by atoms with Crippen LogP contribution in [-0.4, -0.2) is 88.7 Å². The predicted octanol–water partition coefficient (Wildman–Crippen LogP) is 0.832. The van der Waals surface area contributed by atoms with E-state index in [0.717, 1.165) is 17.9 Å². The summed E-state index contributed by atoms with van der Waals surface area (Å²) >= 11 is 3.18. The first-order valence-electron chi connectivity index (χ1n) is 9.57. The molecule has 2 unspecified atom stereocenters. The molecular weight excluding hydrogens is 469 g/mol. The summed E-state index contributed by atoms with van der Waals surface area (Å²) in [5.41, 5.74) is 0.898. The van der Waals surface area contributed by atoms with Crippen molar-refractivity contribution in [1.82, 2.24) is 19.5 Å². The van der Waals surface area contributed by atoms with Crippen LogP contribution in [0.4, 0.5) is 5.82 Å². The fourth-order valence-corrected chi connectivity index (χ4v) is 4.34. The molecule has 174 valence electrons. The van der Waals surface area contributed by atoms with Crippen molar-refractivity contribution in [3.05, 3.63) is 6.33 Å². The average molecular weight is 496 g/mol. The Bertz CT molecular complexity index is 929. The molecule has 1 saturated heterocycles. The third kappa shape index (κ3) is 6.09. The van der Waals surface area contributed by atoms with E-state index in [4.69, 9.17) is 14.5 Å². The highest BCUT2D eigenvalue weighted by Crippen LogP contribution is 2.39. The molecule has 0 aromatic carbocycles. The number of fused-ring (bicyclic) bond motifs is 1. The Balaban J connectivity index is 1.90. The van der Waals surface area contributed by atoms with Crippen molar-refractivity contribution in [2.24, 2.45) is 0 Å². The van der Waals surface area contributed by atoms with Crippen LogP contribution in [0.25, 0.3) is 11.2 Å². The van der Waals surface area contributed by atoms with Gasteiger partial charge in [-0.05, 0) is 12.7 Å². The monoisotopic (exact) mass is 495 g/mol. The number of anilines is 1. The Morgan fingerprint density at radius 2 is 2.06 bits per heavy atom. The van der Waals surface area contributed by atoms with Crippen molar-refractivity contribution >= 4 is 48.3 Å². The van der Waals surface area contributed by atoms with Crippen molar-refractivity contribution in [3.63, 3.8) is 0 Å². The molecule has 0 radical (unpaired) electrons. The molecule has 0 aliphatic carbocycles. The van der Waals surface area contributed by atoms with Gasteiger partial charge in [0.15, 0.2) is 28.4 Å². The van der Waals surface area contributed by atoms with Gasteiger partial charge in [0.2, 0.25) is 0 Å². The minimum atomic E-state index is -4.75. The molecule has 0 spiro atoms. The number of aliphatic hydroxyl groups is 2. The lowest BCUT2D eigenvalue weighted by atomic mass is 10.1. The number of aromatic nitrogens is 4. The van der Waals surface area contributed by atoms with E-state index < -0.39 is 39.0 Å². The lowest BCUT2D eigenvalue weighted by Gasteiger charge is -2.17. The first-order valence-corrected chi connectivity index (χ1v) is 13.5. The topological polar surface area (TPSA) is 172 Å². The maximum absolute atomic E-state index is 11.0. The number of aliphatic hydroxyl groups excluding tert-OH is 2. The summed E-state index contributed by atoms with van der Waals surface area (Å²) in [7, 11) is -4.75. The third-order valence-electron chi connectivity index (χ3n) is 4.45. The van der Waals surface area contributed by atoms with E-state index in [0.29, 0.717) is 28.7 Å². The number of rotatable bonds is 11. The Hall–Kier alpha value is -0.960. The van der Waals surface area contributed by atoms with Crippen LogP contribution < -0.4 is 5.32 Å². The van der Waals surface area contributed by atoms with Crippen LogP contribution in [0.5, 0.6) is 0 Å². The quantitative estimate of drug-likeness (QED) is 0.129. The van der Waals surface area contributed by atoms with Crippen LogP contribution >= 0.6 is 31.3 Å². The van der Waals surface area contributed by atoms with Crippen LogP contribution in [0, 0.1) is 0 Å². The Labute approximate surface area is 187 Å². The Morgan fingerprint density at radius 3 is 2.74 bits per heavy atom. The molecule has 1 fully saturated rings. The van der Waals surface area contributed by atoms with Crippen LogP contribution in [0.2, 0.25) is 0 Å². The largest absolute Gasteiger partial charge is 0.469 e. The van der Waals surface area contributed by atoms with Gasteiger partial charge in [0.25, 0.3) is 0 Å². The van der Waals surface area contributed by atoms with Gasteiger partial charge >= 0.3 is 7.82 Å². The van der Waals surface area contributed by atoms with Crippen LogP contribution in [0.3, 0.4) is 0 Å². The first kappa shape index (κ1) is 24.7. The molecule has 1 aliphatic heterocycles. The minimum absolute atomic E-state index is 0.410. The molecule has 5 N–H and O–H groups in total. The molecule has 3 heterocycles. The van der Waals surface area contributed by atoms with Gasteiger partial charge in [0.05, 0.1) is 12.9 Å². The summed E-state index contributed by atoms with van der Waals surface area (Å²) < 4.78 is 22.5. The minimum Gasteiger partial charge on any atom is -0.387 e. The number of thioether (sulfide) groups is 2. The van der Waals surface area contributed by atoms with Gasteiger partial charge in [0.1, 0.15) is 18.3 Å². The second-order valence-corrected chi connectivity index (χ2v) is 10.1. The van der Waals surface area contributed by atoms with E-state index in [2.05, 4.69) is 31.7 Å². The molecule has 1 aliphatic rings. The van der Waals surface area contributed by atoms with Crippen LogP contribution in [-0.2, 0) is 13.8 Å². The molecule has 15 heteroatoms. The summed E-state index contributed by atoms with van der Waals surface area (Å²) in [6, 6.07) is 0. The standard InChI is InChI=1S/C16H26N5O7PS2/c1-3-5-31-16-19-13(17-4-6-30-2)10-14(20-16)21(8-18-10)15-12(23)11(22)9(28-15)7-27-29(24,25)26/h8-9,11-12,15,22-23H,3-7H2,1-2H3,(H,17,19,20)(H2,24,25,26)/t9-,11?,12?,15-/m1/s1. The van der Waals surface area contributed by atoms with Gasteiger partial charge < -0.3 is 30.1 Å². The Morgan fingerprint density at radius 1 is 1.29 bits per heavy atom. The second-order valence-electron chi connectivity index (χ2n) is 6.78. The third-order valence-corrected chi connectivity index (χ3v) is 6.60. The summed E-state index contributed by atoms with van der Waals surface area (Å²) in [5, 5.41) is 24.6. The highest BCUT2D eigenvalue weighted by molar-refractivity contribution is 7.99. The maximum atomic E-state index is 11.0. The molecule has 0 amide bonds. The SMILES string of the molecule is CCCSc1nc(NCCSC)c2ncn([C@@H]3O[C@H](COP(=O)(O)O)C(O)C3O)c2n1. The van der Waals surface area contributed by atoms with Gasteiger partial charge in [0, 0.05) is 18.1 Å². The number of hydrogen-bond acceptors (Lipinski definition) is 11. The van der Waals surface area contributed by atoms with E-state index in [-0.39, 0.29) is 0 Å². The number of phosphoric ester groups is 1. The fourth-order valence-electron chi connectivity index (χ4n) is 3.00. The molecule has 31 heavy (non-hydrogen) atoms. The summed E-state index contributed by atoms with van der Waals surface area (Å²) in [5.74, 6) is 2.26. The maximum Gasteiger partial charge on any atom is 0.469 e. The molecular formula is C16H26N5O7PS2. The number of nitrogens with zero attached hydrogens (tertiary/aromatic N) is 4. The van der Waals surface area contributed by atoms with Crippen molar-refractivity contribution in [2.75, 3.05) is 36.2 Å². The number of ether oxygens (including phenoxy) is 1. The molecule has 2 aromatic heterocycles. The Kier molecular flexibility index (Phi) is 8.57. The number of nitrogens with one attached hydrogen (secondary N) is 1. The predicted molar refractivity (Wildman–Crippen MR) is 117 cm³/mol. The van der Waals surface area contributed by atoms with Crippen molar-refractivity contribution < 1.29 is 33.8 Å². The van der Waals surface area contributed by atoms with Crippen LogP contribution in [0.1, 0.15) is 19.6 Å². The van der Waals surface area contributed by atoms with Crippen LogP contribution in [0.15, 0.2) is 11.5 Å². The van der Waals surface area contributed by atoms with Crippen molar-refractivity contribution in [3.8, 4) is 0 Å². The zero-order chi connectivity index (χ0) is 22.6. The second kappa shape index (κ2) is 10.8. The molecule has 2 aromatic rings. The first-order chi connectivity index (χ1) is 14.7. The lowest BCUT2D eigenvalue weighted by molar-refractivity contribution is -0.0504. The van der Waals surface area contributed by atoms with Gasteiger partial charge in [-0.3, -0.25) is 9.09 Å². The fraction of sp³-hybridized carbons (Fsp3) is 0.688. The molecule has 4 atom stereocenters. The van der Waals surface area contributed by atoms with Gasteiger partial charge in [-0.15, -0.1) is 0 Å². The highest BCUT2D eigenvalue weighted by Gasteiger charge is 2.45. The average Bonchev–Trinajstić information content (AvgIpc) is 3.26. The molecule has 0 saturated carbocycles. The van der Waals surface area contributed by atoms with E-state index in [1.54, 1.807) is 11.8 Å². The number of phosphoric acid groups is 1. The zero-order valence-electron chi connectivity index (χ0n) is 17.0. The lowest BCUT2D eigenvalue weighted by Crippen LogP contribution is -2.33. The van der Waals surface area contributed by atoms with E-state index in [9.17, 15) is 14.8 Å². The summed E-state index contributed by atoms with van der Waals surface area (Å²) in [6.07, 6.45) is -0.617. The molecule has 12 nitrogen and oxygen atoms in total. The van der Waals surface area contributed by atoms with E-state index >= 15 is 0 Å². The van der Waals surface area contributed by atoms with E-state index in [1.807, 2.05) is 6.26 Å². The smallest absolute Gasteiger partial charge is 0.387 e. The summed E-state index contributed by atoms with van der Waals surface area (Å²) in [4.78, 5) is 31.2. The van der Waals surface area contributed by atoms with Gasteiger partial charge in [-0.25, -0.2) is 19.5 Å². The van der Waals surface area contributed by atoms with E-state index in [1.165, 1.54) is 22.7 Å². The molecule has 0 bridgehead atoms. The van der Waals surface area contributed by atoms with Gasteiger partial charge in [-0.2, -0.15) is 11.8 Å². The van der Waals surface area contributed by atoms with Gasteiger partial charge in [-0.1, -0.05) is 18.7 Å². The number of imidazole rings is 1.